The van der Waals surface area contributed by atoms with Gasteiger partial charge in [-0.2, -0.15) is 0 Å². The van der Waals surface area contributed by atoms with Crippen LogP contribution in [-0.2, 0) is 0 Å². The number of carbonyl (C=O) groups excluding carboxylic acids is 1. The Bertz CT molecular complexity index is 583. The van der Waals surface area contributed by atoms with Crippen molar-refractivity contribution in [3.05, 3.63) is 67.7 Å². The normalized spacial score (nSPS) is 11.9. The van der Waals surface area contributed by atoms with Crippen molar-refractivity contribution in [1.82, 2.24) is 5.32 Å². The molecule has 0 saturated carbocycles. The van der Waals surface area contributed by atoms with Gasteiger partial charge in [0.25, 0.3) is 5.91 Å². The summed E-state index contributed by atoms with van der Waals surface area (Å²) in [6, 6.07) is 15.5. The fraction of sp³-hybridized carbons (Fsp3) is 0.133. The van der Waals surface area contributed by atoms with E-state index in [1.54, 1.807) is 0 Å². The Labute approximate surface area is 134 Å². The number of benzene rings is 2. The molecule has 1 atom stereocenters. The van der Waals surface area contributed by atoms with E-state index in [9.17, 15) is 4.79 Å². The Balaban J connectivity index is 2.08. The van der Waals surface area contributed by atoms with Crippen LogP contribution in [-0.4, -0.2) is 5.91 Å². The second-order valence-corrected chi connectivity index (χ2v) is 6.42. The van der Waals surface area contributed by atoms with Crippen LogP contribution in [0.4, 0.5) is 0 Å². The maximum Gasteiger partial charge on any atom is 0.251 e. The van der Waals surface area contributed by atoms with Crippen LogP contribution < -0.4 is 5.32 Å². The molecule has 4 heteroatoms. The lowest BCUT2D eigenvalue weighted by atomic mass is 10.1. The summed E-state index contributed by atoms with van der Waals surface area (Å²) in [4.78, 5) is 12.1. The molecule has 2 nitrogen and oxygen atoms in total. The van der Waals surface area contributed by atoms with Gasteiger partial charge in [0.05, 0.1) is 6.04 Å². The van der Waals surface area contributed by atoms with Gasteiger partial charge in [-0.05, 0) is 65.4 Å². The molecule has 0 aliphatic carbocycles. The zero-order valence-electron chi connectivity index (χ0n) is 10.4. The van der Waals surface area contributed by atoms with E-state index in [2.05, 4.69) is 43.8 Å². The Kier molecular flexibility index (Phi) is 4.99. The lowest BCUT2D eigenvalue weighted by Crippen LogP contribution is -2.26. The smallest absolute Gasteiger partial charge is 0.251 e. The quantitative estimate of drug-likeness (QED) is 0.712. The molecule has 0 radical (unpaired) electrons. The summed E-state index contributed by atoms with van der Waals surface area (Å²) < 4.78 is 2.09. The van der Waals surface area contributed by atoms with Crippen molar-refractivity contribution in [3.63, 3.8) is 0 Å². The predicted octanol–water partition coefficient (Wildman–Crippen LogP) is 4.54. The molecule has 2 aromatic carbocycles. The molecule has 0 bridgehead atoms. The van der Waals surface area contributed by atoms with Crippen molar-refractivity contribution in [2.75, 3.05) is 0 Å². The monoisotopic (exact) mass is 429 g/mol. The third kappa shape index (κ3) is 4.04. The topological polar surface area (TPSA) is 29.1 Å². The lowest BCUT2D eigenvalue weighted by molar-refractivity contribution is 0.0940. The molecule has 0 heterocycles. The summed E-state index contributed by atoms with van der Waals surface area (Å²) in [5.74, 6) is -0.0473. The van der Waals surface area contributed by atoms with Crippen LogP contribution >= 0.6 is 38.5 Å². The third-order valence-electron chi connectivity index (χ3n) is 2.80. The van der Waals surface area contributed by atoms with Gasteiger partial charge in [0, 0.05) is 13.6 Å². The summed E-state index contributed by atoms with van der Waals surface area (Å²) in [5, 5.41) is 3.00. The average Bonchev–Trinajstić information content (AvgIpc) is 2.39. The first-order valence-corrected chi connectivity index (χ1v) is 7.75. The lowest BCUT2D eigenvalue weighted by Gasteiger charge is -2.14. The van der Waals surface area contributed by atoms with Gasteiger partial charge in [-0.3, -0.25) is 4.79 Å². The minimum Gasteiger partial charge on any atom is -0.346 e. The van der Waals surface area contributed by atoms with Crippen LogP contribution in [0.15, 0.2) is 53.0 Å². The number of nitrogens with one attached hydrogen (secondary N) is 1. The van der Waals surface area contributed by atoms with Crippen LogP contribution in [0.1, 0.15) is 28.9 Å². The highest BCUT2D eigenvalue weighted by molar-refractivity contribution is 14.1. The molecule has 0 aromatic heterocycles. The molecule has 0 fully saturated rings. The zero-order valence-corrected chi connectivity index (χ0v) is 14.1. The summed E-state index contributed by atoms with van der Waals surface area (Å²) in [5.41, 5.74) is 1.78. The predicted molar refractivity (Wildman–Crippen MR) is 89.2 cm³/mol. The minimum atomic E-state index is -0.0473. The van der Waals surface area contributed by atoms with Gasteiger partial charge in [-0.25, -0.2) is 0 Å². The highest BCUT2D eigenvalue weighted by atomic mass is 127. The van der Waals surface area contributed by atoms with Gasteiger partial charge in [-0.1, -0.05) is 34.1 Å². The van der Waals surface area contributed by atoms with Crippen molar-refractivity contribution in [3.8, 4) is 0 Å². The van der Waals surface area contributed by atoms with Crippen molar-refractivity contribution in [2.24, 2.45) is 0 Å². The van der Waals surface area contributed by atoms with Crippen LogP contribution in [0.25, 0.3) is 0 Å². The molecule has 2 aromatic rings. The maximum absolute atomic E-state index is 12.1. The molecule has 0 aliphatic heterocycles. The highest BCUT2D eigenvalue weighted by Crippen LogP contribution is 2.17. The maximum atomic E-state index is 12.1. The molecule has 2 rings (SSSR count). The van der Waals surface area contributed by atoms with Crippen molar-refractivity contribution < 1.29 is 4.79 Å². The number of amides is 1. The number of carbonyl (C=O) groups is 1. The molecule has 1 amide bonds. The average molecular weight is 430 g/mol. The van der Waals surface area contributed by atoms with Gasteiger partial charge in [-0.15, -0.1) is 0 Å². The van der Waals surface area contributed by atoms with Gasteiger partial charge >= 0.3 is 0 Å². The Hall–Kier alpha value is -0.880. The second-order valence-electron chi connectivity index (χ2n) is 4.26. The first-order valence-electron chi connectivity index (χ1n) is 5.88. The van der Waals surface area contributed by atoms with Crippen molar-refractivity contribution >= 4 is 44.4 Å². The SMILES string of the molecule is C[C@@H](NC(=O)c1cccc(I)c1)c1ccc(Br)cc1. The number of hydrogen-bond donors (Lipinski definition) is 1. The van der Waals surface area contributed by atoms with Crippen LogP contribution in [0.3, 0.4) is 0 Å². The van der Waals surface area contributed by atoms with Crippen LogP contribution in [0, 0.1) is 3.57 Å². The van der Waals surface area contributed by atoms with Gasteiger partial charge in [0.1, 0.15) is 0 Å². The Morgan fingerprint density at radius 1 is 1.21 bits per heavy atom. The number of rotatable bonds is 3. The first-order chi connectivity index (χ1) is 9.06. The van der Waals surface area contributed by atoms with E-state index in [0.29, 0.717) is 5.56 Å². The van der Waals surface area contributed by atoms with Crippen LogP contribution in [0.5, 0.6) is 0 Å². The summed E-state index contributed by atoms with van der Waals surface area (Å²) >= 11 is 5.60. The van der Waals surface area contributed by atoms with E-state index in [-0.39, 0.29) is 11.9 Å². The van der Waals surface area contributed by atoms with Crippen molar-refractivity contribution in [1.29, 1.82) is 0 Å². The van der Waals surface area contributed by atoms with E-state index >= 15 is 0 Å². The second kappa shape index (κ2) is 6.52. The van der Waals surface area contributed by atoms with E-state index in [1.807, 2.05) is 55.5 Å². The molecule has 0 saturated heterocycles. The molecule has 19 heavy (non-hydrogen) atoms. The van der Waals surface area contributed by atoms with Crippen LogP contribution in [0.2, 0.25) is 0 Å². The first kappa shape index (κ1) is 14.5. The molecule has 0 spiro atoms. The Morgan fingerprint density at radius 2 is 1.89 bits per heavy atom. The number of halogens is 2. The van der Waals surface area contributed by atoms with E-state index in [1.165, 1.54) is 0 Å². The zero-order chi connectivity index (χ0) is 13.8. The largest absolute Gasteiger partial charge is 0.346 e. The minimum absolute atomic E-state index is 0.0153. The third-order valence-corrected chi connectivity index (χ3v) is 4.00. The molecular formula is C15H13BrINO. The standard InChI is InChI=1S/C15H13BrINO/c1-10(11-5-7-13(16)8-6-11)18-15(19)12-3-2-4-14(17)9-12/h2-10H,1H3,(H,18,19)/t10-/m1/s1. The van der Waals surface area contributed by atoms with Gasteiger partial charge in [0.2, 0.25) is 0 Å². The fourth-order valence-electron chi connectivity index (χ4n) is 1.74. The number of hydrogen-bond acceptors (Lipinski definition) is 1. The van der Waals surface area contributed by atoms with Crippen molar-refractivity contribution in [2.45, 2.75) is 13.0 Å². The molecule has 98 valence electrons. The summed E-state index contributed by atoms with van der Waals surface area (Å²) in [7, 11) is 0. The molecular weight excluding hydrogens is 417 g/mol. The fourth-order valence-corrected chi connectivity index (χ4v) is 2.55. The molecule has 1 N–H and O–H groups in total. The highest BCUT2D eigenvalue weighted by Gasteiger charge is 2.11. The van der Waals surface area contributed by atoms with Gasteiger partial charge in [0.15, 0.2) is 0 Å². The summed E-state index contributed by atoms with van der Waals surface area (Å²) in [6.07, 6.45) is 0. The summed E-state index contributed by atoms with van der Waals surface area (Å²) in [6.45, 7) is 1.98. The van der Waals surface area contributed by atoms with E-state index in [4.69, 9.17) is 0 Å². The van der Waals surface area contributed by atoms with E-state index < -0.39 is 0 Å². The van der Waals surface area contributed by atoms with Gasteiger partial charge < -0.3 is 5.32 Å². The van der Waals surface area contributed by atoms with E-state index in [0.717, 1.165) is 13.6 Å². The molecule has 0 aliphatic rings. The molecule has 0 unspecified atom stereocenters. The Morgan fingerprint density at radius 3 is 2.53 bits per heavy atom.